The molecule has 2 rings (SSSR count). The van der Waals surface area contributed by atoms with Crippen molar-refractivity contribution in [3.8, 4) is 0 Å². The van der Waals surface area contributed by atoms with Gasteiger partial charge in [0.2, 0.25) is 0 Å². The minimum absolute atomic E-state index is 0.296. The number of hydrogen-bond donors (Lipinski definition) is 2. The van der Waals surface area contributed by atoms with E-state index in [0.29, 0.717) is 17.2 Å². The van der Waals surface area contributed by atoms with Crippen LogP contribution in [0.5, 0.6) is 0 Å². The number of pyridine rings is 1. The highest BCUT2D eigenvalue weighted by atomic mass is 19.4. The Hall–Kier alpha value is -2.77. The van der Waals surface area contributed by atoms with Gasteiger partial charge in [0.1, 0.15) is 5.82 Å². The molecule has 116 valence electrons. The van der Waals surface area contributed by atoms with Crippen LogP contribution in [0.1, 0.15) is 5.56 Å². The average molecular weight is 311 g/mol. The maximum atomic E-state index is 12.4. The monoisotopic (exact) mass is 311 g/mol. The molecule has 0 bridgehead atoms. The molecule has 0 unspecified atom stereocenters. The van der Waals surface area contributed by atoms with Crippen LogP contribution in [0.15, 0.2) is 42.6 Å². The van der Waals surface area contributed by atoms with Crippen molar-refractivity contribution < 1.29 is 22.7 Å². The molecule has 0 saturated carbocycles. The van der Waals surface area contributed by atoms with Crippen molar-refractivity contribution in [2.24, 2.45) is 0 Å². The van der Waals surface area contributed by atoms with Crippen molar-refractivity contribution in [1.29, 1.82) is 0 Å². The molecule has 0 aliphatic carbocycles. The summed E-state index contributed by atoms with van der Waals surface area (Å²) in [5.41, 5.74) is 0.340. The van der Waals surface area contributed by atoms with E-state index < -0.39 is 17.8 Å². The number of ether oxygens (including phenoxy) is 1. The first-order chi connectivity index (χ1) is 10.4. The maximum Gasteiger partial charge on any atom is 0.416 e. The van der Waals surface area contributed by atoms with Crippen LogP contribution in [0, 0.1) is 0 Å². The van der Waals surface area contributed by atoms with Gasteiger partial charge in [0, 0.05) is 5.69 Å². The Kier molecular flexibility index (Phi) is 4.50. The Morgan fingerprint density at radius 2 is 1.73 bits per heavy atom. The lowest BCUT2D eigenvalue weighted by Gasteiger charge is -2.10. The molecule has 5 nitrogen and oxygen atoms in total. The molecule has 0 aliphatic rings. The smallest absolute Gasteiger partial charge is 0.416 e. The highest BCUT2D eigenvalue weighted by Crippen LogP contribution is 2.30. The quantitative estimate of drug-likeness (QED) is 0.898. The highest BCUT2D eigenvalue weighted by molar-refractivity contribution is 5.83. The van der Waals surface area contributed by atoms with Crippen LogP contribution in [0.3, 0.4) is 0 Å². The van der Waals surface area contributed by atoms with Crippen LogP contribution in [-0.2, 0) is 10.9 Å². The van der Waals surface area contributed by atoms with Crippen molar-refractivity contribution in [2.45, 2.75) is 6.18 Å². The average Bonchev–Trinajstić information content (AvgIpc) is 2.49. The summed E-state index contributed by atoms with van der Waals surface area (Å²) in [7, 11) is 1.23. The second kappa shape index (κ2) is 6.33. The first-order valence-corrected chi connectivity index (χ1v) is 6.14. The van der Waals surface area contributed by atoms with Gasteiger partial charge in [-0.25, -0.2) is 9.78 Å². The number of aromatic nitrogens is 1. The van der Waals surface area contributed by atoms with Crippen molar-refractivity contribution >= 4 is 23.3 Å². The van der Waals surface area contributed by atoms with Gasteiger partial charge in [-0.3, -0.25) is 5.32 Å². The summed E-state index contributed by atoms with van der Waals surface area (Å²) in [6, 6.07) is 7.78. The number of nitrogens with one attached hydrogen (secondary N) is 2. The van der Waals surface area contributed by atoms with Gasteiger partial charge in [0.05, 0.1) is 24.6 Å². The van der Waals surface area contributed by atoms with E-state index in [1.807, 2.05) is 0 Å². The molecule has 1 aromatic heterocycles. The van der Waals surface area contributed by atoms with Crippen LogP contribution in [0.2, 0.25) is 0 Å². The minimum Gasteiger partial charge on any atom is -0.453 e. The Morgan fingerprint density at radius 1 is 1.09 bits per heavy atom. The lowest BCUT2D eigenvalue weighted by molar-refractivity contribution is -0.137. The topological polar surface area (TPSA) is 63.2 Å². The van der Waals surface area contributed by atoms with Gasteiger partial charge in [0.25, 0.3) is 0 Å². The number of amides is 1. The zero-order chi connectivity index (χ0) is 16.2. The number of anilines is 3. The number of halogens is 3. The lowest BCUT2D eigenvalue weighted by Crippen LogP contribution is -2.11. The van der Waals surface area contributed by atoms with Crippen LogP contribution in [0.25, 0.3) is 0 Å². The largest absolute Gasteiger partial charge is 0.453 e. The van der Waals surface area contributed by atoms with Gasteiger partial charge in [-0.05, 0) is 36.4 Å². The molecular formula is C14H12F3N3O2. The molecule has 0 fully saturated rings. The molecule has 2 N–H and O–H groups in total. The summed E-state index contributed by atoms with van der Waals surface area (Å²) in [6.45, 7) is 0. The van der Waals surface area contributed by atoms with Crippen LogP contribution in [0.4, 0.5) is 35.2 Å². The zero-order valence-electron chi connectivity index (χ0n) is 11.4. The highest BCUT2D eigenvalue weighted by Gasteiger charge is 2.29. The molecule has 2 aromatic rings. The molecule has 0 radical (unpaired) electrons. The van der Waals surface area contributed by atoms with E-state index in [9.17, 15) is 18.0 Å². The van der Waals surface area contributed by atoms with Crippen molar-refractivity contribution in [2.75, 3.05) is 17.7 Å². The maximum absolute atomic E-state index is 12.4. The number of alkyl halides is 3. The SMILES string of the molecule is COC(=O)Nc1ccc(Nc2ccc(C(F)(F)F)cc2)cn1. The van der Waals surface area contributed by atoms with Gasteiger partial charge in [-0.1, -0.05) is 0 Å². The summed E-state index contributed by atoms with van der Waals surface area (Å²) >= 11 is 0. The van der Waals surface area contributed by atoms with Gasteiger partial charge < -0.3 is 10.1 Å². The molecular weight excluding hydrogens is 299 g/mol. The molecule has 0 spiro atoms. The third-order valence-corrected chi connectivity index (χ3v) is 2.68. The Labute approximate surface area is 124 Å². The van der Waals surface area contributed by atoms with Gasteiger partial charge in [0.15, 0.2) is 0 Å². The number of rotatable bonds is 3. The molecule has 0 atom stereocenters. The number of carbonyl (C=O) groups excluding carboxylic acids is 1. The van der Waals surface area contributed by atoms with Gasteiger partial charge in [-0.2, -0.15) is 13.2 Å². The Balaban J connectivity index is 2.03. The first kappa shape index (κ1) is 15.6. The number of carbonyl (C=O) groups is 1. The summed E-state index contributed by atoms with van der Waals surface area (Å²) < 4.78 is 41.8. The summed E-state index contributed by atoms with van der Waals surface area (Å²) in [5.74, 6) is 0.296. The van der Waals surface area contributed by atoms with Crippen molar-refractivity contribution in [3.63, 3.8) is 0 Å². The van der Waals surface area contributed by atoms with E-state index >= 15 is 0 Å². The number of benzene rings is 1. The number of hydrogen-bond acceptors (Lipinski definition) is 4. The van der Waals surface area contributed by atoms with Crippen molar-refractivity contribution in [1.82, 2.24) is 4.98 Å². The van der Waals surface area contributed by atoms with Crippen LogP contribution < -0.4 is 10.6 Å². The van der Waals surface area contributed by atoms with E-state index in [1.54, 1.807) is 6.07 Å². The van der Waals surface area contributed by atoms with E-state index in [-0.39, 0.29) is 0 Å². The molecule has 1 aromatic carbocycles. The zero-order valence-corrected chi connectivity index (χ0v) is 11.4. The third kappa shape index (κ3) is 4.11. The van der Waals surface area contributed by atoms with Gasteiger partial charge >= 0.3 is 12.3 Å². The normalized spacial score (nSPS) is 10.9. The molecule has 0 saturated heterocycles. The van der Waals surface area contributed by atoms with Gasteiger partial charge in [-0.15, -0.1) is 0 Å². The first-order valence-electron chi connectivity index (χ1n) is 6.14. The Bertz CT molecular complexity index is 640. The summed E-state index contributed by atoms with van der Waals surface area (Å²) in [5, 5.41) is 5.28. The fraction of sp³-hybridized carbons (Fsp3) is 0.143. The predicted molar refractivity (Wildman–Crippen MR) is 75.0 cm³/mol. The van der Waals surface area contributed by atoms with Crippen LogP contribution >= 0.6 is 0 Å². The second-order valence-corrected chi connectivity index (χ2v) is 4.25. The lowest BCUT2D eigenvalue weighted by atomic mass is 10.2. The molecule has 8 heteroatoms. The van der Waals surface area contributed by atoms with Crippen LogP contribution in [-0.4, -0.2) is 18.2 Å². The fourth-order valence-corrected chi connectivity index (χ4v) is 1.61. The second-order valence-electron chi connectivity index (χ2n) is 4.25. The van der Waals surface area contributed by atoms with E-state index in [4.69, 9.17) is 0 Å². The van der Waals surface area contributed by atoms with E-state index in [0.717, 1.165) is 12.1 Å². The van der Waals surface area contributed by atoms with E-state index in [1.165, 1.54) is 31.5 Å². The Morgan fingerprint density at radius 3 is 2.23 bits per heavy atom. The minimum atomic E-state index is -4.36. The van der Waals surface area contributed by atoms with E-state index in [2.05, 4.69) is 20.4 Å². The fourth-order valence-electron chi connectivity index (χ4n) is 1.61. The summed E-state index contributed by atoms with van der Waals surface area (Å²) in [4.78, 5) is 15.0. The standard InChI is InChI=1S/C14H12F3N3O2/c1-22-13(21)20-12-7-6-11(8-18-12)19-10-4-2-9(3-5-10)14(15,16)17/h2-8,19H,1H3,(H,18,20,21). The molecule has 1 heterocycles. The number of methoxy groups -OCH3 is 1. The molecule has 22 heavy (non-hydrogen) atoms. The van der Waals surface area contributed by atoms with Crippen molar-refractivity contribution in [3.05, 3.63) is 48.2 Å². The predicted octanol–water partition coefficient (Wildman–Crippen LogP) is 4.02. The summed E-state index contributed by atoms with van der Waals surface area (Å²) in [6.07, 6.45) is -3.57. The third-order valence-electron chi connectivity index (χ3n) is 2.68. The number of nitrogens with zero attached hydrogens (tertiary/aromatic N) is 1. The molecule has 0 aliphatic heterocycles. The molecule has 1 amide bonds.